The van der Waals surface area contributed by atoms with Gasteiger partial charge in [0.25, 0.3) is 0 Å². The largest absolute Gasteiger partial charge is 0.454 e. The van der Waals surface area contributed by atoms with Gasteiger partial charge in [0.15, 0.2) is 11.5 Å². The standard InChI is InChI=1S/C27H33N3O6S/c1-17-8-9-18(2)22(12-17)30(19(3)27(33)29-20-6-4-5-7-20)26(32)15-37(34)14-25(31)28-21-10-11-23-24(13-21)36-16-35-23/h8-13,19-20H,4-7,14-16H2,1-3H3,(H,28,31)(H,29,33)/t19-,37+/m0/s1. The molecule has 0 unspecified atom stereocenters. The van der Waals surface area contributed by atoms with Crippen molar-refractivity contribution in [2.45, 2.75) is 58.5 Å². The van der Waals surface area contributed by atoms with Crippen LogP contribution in [0.3, 0.4) is 0 Å². The van der Waals surface area contributed by atoms with Crippen LogP contribution in [0.2, 0.25) is 0 Å². The molecule has 0 bridgehead atoms. The van der Waals surface area contributed by atoms with E-state index in [1.54, 1.807) is 25.1 Å². The van der Waals surface area contributed by atoms with Crippen molar-refractivity contribution in [1.82, 2.24) is 5.32 Å². The van der Waals surface area contributed by atoms with Gasteiger partial charge in [0, 0.05) is 34.3 Å². The van der Waals surface area contributed by atoms with Crippen molar-refractivity contribution in [1.29, 1.82) is 0 Å². The SMILES string of the molecule is Cc1ccc(C)c(N(C(=O)C[S@](=O)CC(=O)Nc2ccc3c(c2)OCO3)[C@@H](C)C(=O)NC2CCCC2)c1. The lowest BCUT2D eigenvalue weighted by Crippen LogP contribution is -2.51. The summed E-state index contributed by atoms with van der Waals surface area (Å²) in [4.78, 5) is 40.5. The number of nitrogens with zero attached hydrogens (tertiary/aromatic N) is 1. The normalized spacial score (nSPS) is 16.2. The van der Waals surface area contributed by atoms with E-state index in [0.717, 1.165) is 36.8 Å². The summed E-state index contributed by atoms with van der Waals surface area (Å²) >= 11 is 0. The Morgan fingerprint density at radius 2 is 1.76 bits per heavy atom. The van der Waals surface area contributed by atoms with Crippen LogP contribution in [0.5, 0.6) is 11.5 Å². The number of amides is 3. The fourth-order valence-corrected chi connectivity index (χ4v) is 5.50. The van der Waals surface area contributed by atoms with Crippen LogP contribution in [0.1, 0.15) is 43.7 Å². The van der Waals surface area contributed by atoms with Gasteiger partial charge in [-0.25, -0.2) is 0 Å². The molecule has 37 heavy (non-hydrogen) atoms. The van der Waals surface area contributed by atoms with E-state index in [4.69, 9.17) is 9.47 Å². The van der Waals surface area contributed by atoms with Crippen molar-refractivity contribution in [3.63, 3.8) is 0 Å². The number of carbonyl (C=O) groups is 3. The summed E-state index contributed by atoms with van der Waals surface area (Å²) < 4.78 is 23.4. The maximum Gasteiger partial charge on any atom is 0.243 e. The number of nitrogens with one attached hydrogen (secondary N) is 2. The highest BCUT2D eigenvalue weighted by Gasteiger charge is 2.31. The first-order valence-electron chi connectivity index (χ1n) is 12.5. The Morgan fingerprint density at radius 1 is 1.03 bits per heavy atom. The minimum Gasteiger partial charge on any atom is -0.454 e. The summed E-state index contributed by atoms with van der Waals surface area (Å²) in [6.45, 7) is 5.58. The van der Waals surface area contributed by atoms with Gasteiger partial charge in [-0.15, -0.1) is 0 Å². The second-order valence-electron chi connectivity index (χ2n) is 9.56. The van der Waals surface area contributed by atoms with E-state index in [2.05, 4.69) is 10.6 Å². The van der Waals surface area contributed by atoms with Crippen molar-refractivity contribution < 1.29 is 28.1 Å². The topological polar surface area (TPSA) is 114 Å². The van der Waals surface area contributed by atoms with Crippen molar-refractivity contribution in [3.05, 3.63) is 47.5 Å². The molecule has 0 saturated heterocycles. The molecule has 1 heterocycles. The molecule has 3 amide bonds. The van der Waals surface area contributed by atoms with Gasteiger partial charge in [-0.2, -0.15) is 0 Å². The minimum absolute atomic E-state index is 0.111. The number of aryl methyl sites for hydroxylation is 2. The van der Waals surface area contributed by atoms with Crippen LogP contribution in [-0.4, -0.2) is 52.3 Å². The van der Waals surface area contributed by atoms with Gasteiger partial charge in [0.05, 0.1) is 0 Å². The molecule has 9 nitrogen and oxygen atoms in total. The van der Waals surface area contributed by atoms with Gasteiger partial charge in [-0.05, 0) is 62.9 Å². The van der Waals surface area contributed by atoms with E-state index in [9.17, 15) is 18.6 Å². The fraction of sp³-hybridized carbons (Fsp3) is 0.444. The Hall–Kier alpha value is -3.40. The number of carbonyl (C=O) groups excluding carboxylic acids is 3. The van der Waals surface area contributed by atoms with Gasteiger partial charge in [0.1, 0.15) is 17.5 Å². The molecule has 0 aromatic heterocycles. The van der Waals surface area contributed by atoms with Crippen LogP contribution in [0.4, 0.5) is 11.4 Å². The second-order valence-corrected chi connectivity index (χ2v) is 11.0. The van der Waals surface area contributed by atoms with E-state index < -0.39 is 28.7 Å². The molecule has 1 fully saturated rings. The molecule has 2 aromatic carbocycles. The maximum absolute atomic E-state index is 13.5. The Labute approximate surface area is 219 Å². The zero-order chi connectivity index (χ0) is 26.5. The van der Waals surface area contributed by atoms with Crippen LogP contribution in [0, 0.1) is 13.8 Å². The monoisotopic (exact) mass is 527 g/mol. The van der Waals surface area contributed by atoms with Gasteiger partial charge in [0.2, 0.25) is 24.5 Å². The Morgan fingerprint density at radius 3 is 2.51 bits per heavy atom. The lowest BCUT2D eigenvalue weighted by atomic mass is 10.1. The first kappa shape index (κ1) is 26.7. The second kappa shape index (κ2) is 11.8. The molecule has 0 radical (unpaired) electrons. The zero-order valence-corrected chi connectivity index (χ0v) is 22.2. The van der Waals surface area contributed by atoms with Crippen LogP contribution < -0.4 is 25.0 Å². The van der Waals surface area contributed by atoms with Gasteiger partial charge >= 0.3 is 0 Å². The molecule has 2 N–H and O–H groups in total. The van der Waals surface area contributed by atoms with Crippen molar-refractivity contribution in [2.24, 2.45) is 0 Å². The number of hydrogen-bond donors (Lipinski definition) is 2. The average Bonchev–Trinajstić information content (AvgIpc) is 3.52. The maximum atomic E-state index is 13.5. The predicted molar refractivity (Wildman–Crippen MR) is 142 cm³/mol. The summed E-state index contributed by atoms with van der Waals surface area (Å²) in [5.41, 5.74) is 2.84. The molecular weight excluding hydrogens is 494 g/mol. The van der Waals surface area contributed by atoms with Crippen LogP contribution in [-0.2, 0) is 25.2 Å². The molecule has 1 aliphatic carbocycles. The highest BCUT2D eigenvalue weighted by molar-refractivity contribution is 7.86. The number of rotatable bonds is 9. The molecule has 10 heteroatoms. The Balaban J connectivity index is 1.43. The average molecular weight is 528 g/mol. The predicted octanol–water partition coefficient (Wildman–Crippen LogP) is 3.20. The van der Waals surface area contributed by atoms with E-state index in [1.807, 2.05) is 32.0 Å². The third-order valence-corrected chi connectivity index (χ3v) is 7.75. The third-order valence-electron chi connectivity index (χ3n) is 6.59. The molecule has 1 aliphatic heterocycles. The first-order valence-corrected chi connectivity index (χ1v) is 13.9. The highest BCUT2D eigenvalue weighted by Crippen LogP contribution is 2.34. The highest BCUT2D eigenvalue weighted by atomic mass is 32.2. The van der Waals surface area contributed by atoms with Crippen molar-refractivity contribution in [2.75, 3.05) is 28.5 Å². The van der Waals surface area contributed by atoms with Gasteiger partial charge in [-0.3, -0.25) is 23.5 Å². The molecule has 1 saturated carbocycles. The van der Waals surface area contributed by atoms with Crippen LogP contribution >= 0.6 is 0 Å². The van der Waals surface area contributed by atoms with E-state index in [0.29, 0.717) is 22.9 Å². The summed E-state index contributed by atoms with van der Waals surface area (Å²) in [6, 6.07) is 9.95. The van der Waals surface area contributed by atoms with Crippen molar-refractivity contribution >= 4 is 39.9 Å². The Kier molecular flexibility index (Phi) is 8.48. The number of fused-ring (bicyclic) bond motifs is 1. The number of hydrogen-bond acceptors (Lipinski definition) is 6. The number of ether oxygens (including phenoxy) is 2. The molecule has 2 atom stereocenters. The summed E-state index contributed by atoms with van der Waals surface area (Å²) in [6.07, 6.45) is 4.01. The van der Waals surface area contributed by atoms with Crippen LogP contribution in [0.25, 0.3) is 0 Å². The fourth-order valence-electron chi connectivity index (χ4n) is 4.62. The number of benzene rings is 2. The quantitative estimate of drug-likeness (QED) is 0.518. The summed E-state index contributed by atoms with van der Waals surface area (Å²) in [5.74, 6) is -0.848. The minimum atomic E-state index is -1.78. The van der Waals surface area contributed by atoms with Gasteiger partial charge in [-0.1, -0.05) is 25.0 Å². The summed E-state index contributed by atoms with van der Waals surface area (Å²) in [7, 11) is -1.78. The Bertz CT molecular complexity index is 1210. The third kappa shape index (κ3) is 6.68. The van der Waals surface area contributed by atoms with E-state index in [1.165, 1.54) is 4.90 Å². The molecule has 4 rings (SSSR count). The molecule has 0 spiro atoms. The van der Waals surface area contributed by atoms with E-state index in [-0.39, 0.29) is 30.2 Å². The lowest BCUT2D eigenvalue weighted by molar-refractivity contribution is -0.125. The smallest absolute Gasteiger partial charge is 0.243 e. The number of anilines is 2. The zero-order valence-electron chi connectivity index (χ0n) is 21.4. The van der Waals surface area contributed by atoms with E-state index >= 15 is 0 Å². The molecular formula is C27H33N3O6S. The molecule has 2 aromatic rings. The lowest BCUT2D eigenvalue weighted by Gasteiger charge is -2.31. The summed E-state index contributed by atoms with van der Waals surface area (Å²) in [5, 5.41) is 5.73. The first-order chi connectivity index (χ1) is 17.7. The van der Waals surface area contributed by atoms with Crippen molar-refractivity contribution in [3.8, 4) is 11.5 Å². The van der Waals surface area contributed by atoms with Crippen LogP contribution in [0.15, 0.2) is 36.4 Å². The van der Waals surface area contributed by atoms with Gasteiger partial charge < -0.3 is 20.1 Å². The molecule has 198 valence electrons. The molecule has 2 aliphatic rings.